The van der Waals surface area contributed by atoms with E-state index in [1.807, 2.05) is 24.3 Å². The molecule has 0 spiro atoms. The fraction of sp³-hybridized carbons (Fsp3) is 0.182. The van der Waals surface area contributed by atoms with E-state index < -0.39 is 0 Å². The fourth-order valence-corrected chi connectivity index (χ4v) is 1.54. The number of rotatable bonds is 3. The summed E-state index contributed by atoms with van der Waals surface area (Å²) in [6.07, 6.45) is 1.72. The normalized spacial score (nSPS) is 10.5. The van der Waals surface area contributed by atoms with Gasteiger partial charge in [0.25, 0.3) is 0 Å². The maximum atomic E-state index is 5.18. The highest BCUT2D eigenvalue weighted by Crippen LogP contribution is 2.23. The number of nitrogens with two attached hydrogens (primary N) is 1. The first-order chi connectivity index (χ1) is 7.35. The predicted octanol–water partition coefficient (Wildman–Crippen LogP) is 1.63. The van der Waals surface area contributed by atoms with Gasteiger partial charge in [0.1, 0.15) is 0 Å². The lowest BCUT2D eigenvalue weighted by atomic mass is 10.1. The number of nitrogens with zero attached hydrogens (tertiary/aromatic N) is 1. The molecule has 2 aromatic rings. The molecule has 15 heavy (non-hydrogen) atoms. The van der Waals surface area contributed by atoms with Crippen LogP contribution in [0.4, 0.5) is 0 Å². The molecular weight excluding hydrogens is 192 g/mol. The van der Waals surface area contributed by atoms with E-state index in [-0.39, 0.29) is 0 Å². The van der Waals surface area contributed by atoms with Gasteiger partial charge in [-0.05, 0) is 23.1 Å². The summed E-state index contributed by atoms with van der Waals surface area (Å²) in [6, 6.07) is 7.86. The summed E-state index contributed by atoms with van der Waals surface area (Å²) >= 11 is 0. The number of hydrogen-bond donors (Lipinski definition) is 1. The van der Waals surface area contributed by atoms with Crippen LogP contribution in [0.2, 0.25) is 0 Å². The minimum atomic E-state index is 0.383. The maximum absolute atomic E-state index is 5.18. The van der Waals surface area contributed by atoms with Crippen LogP contribution in [0, 0.1) is 0 Å². The molecule has 0 saturated heterocycles. The Balaban J connectivity index is 2.57. The summed E-state index contributed by atoms with van der Waals surface area (Å²) in [6.45, 7) is 0.383. The average Bonchev–Trinajstić information content (AvgIpc) is 2.28. The Morgan fingerprint density at radius 1 is 1.33 bits per heavy atom. The van der Waals surface area contributed by atoms with Gasteiger partial charge in [-0.3, -0.25) is 4.84 Å². The van der Waals surface area contributed by atoms with Crippen molar-refractivity contribution in [1.82, 2.24) is 4.98 Å². The summed E-state index contributed by atoms with van der Waals surface area (Å²) in [5.74, 6) is 5.65. The maximum Gasteiger partial charge on any atom is 0.221 e. The summed E-state index contributed by atoms with van der Waals surface area (Å²) in [5, 5.41) is 2.05. The standard InChI is InChI=1S/C11H12N2O2/c1-14-11-10-6-8(7-15-12)2-3-9(10)4-5-13-11/h2-6H,7,12H2,1H3. The number of methoxy groups -OCH3 is 1. The molecule has 0 saturated carbocycles. The highest BCUT2D eigenvalue weighted by atomic mass is 16.6. The Bertz CT molecular complexity index is 471. The SMILES string of the molecule is COc1nccc2ccc(CON)cc12. The minimum absolute atomic E-state index is 0.383. The number of pyridine rings is 1. The van der Waals surface area contributed by atoms with Crippen molar-refractivity contribution in [3.63, 3.8) is 0 Å². The van der Waals surface area contributed by atoms with Crippen LogP contribution in [0.25, 0.3) is 10.8 Å². The predicted molar refractivity (Wildman–Crippen MR) is 57.3 cm³/mol. The van der Waals surface area contributed by atoms with Crippen molar-refractivity contribution in [2.45, 2.75) is 6.61 Å². The van der Waals surface area contributed by atoms with Crippen LogP contribution in [-0.4, -0.2) is 12.1 Å². The van der Waals surface area contributed by atoms with Gasteiger partial charge in [-0.2, -0.15) is 0 Å². The van der Waals surface area contributed by atoms with Crippen molar-refractivity contribution in [2.24, 2.45) is 5.90 Å². The molecule has 0 aliphatic heterocycles. The first-order valence-electron chi connectivity index (χ1n) is 4.58. The molecule has 0 unspecified atom stereocenters. The topological polar surface area (TPSA) is 57.4 Å². The Kier molecular flexibility index (Phi) is 2.80. The molecule has 1 aromatic heterocycles. The number of fused-ring (bicyclic) bond motifs is 1. The van der Waals surface area contributed by atoms with Crippen molar-refractivity contribution in [2.75, 3.05) is 7.11 Å². The van der Waals surface area contributed by atoms with Gasteiger partial charge in [-0.25, -0.2) is 10.9 Å². The van der Waals surface area contributed by atoms with Gasteiger partial charge in [0.15, 0.2) is 0 Å². The van der Waals surface area contributed by atoms with Crippen molar-refractivity contribution >= 4 is 10.8 Å². The van der Waals surface area contributed by atoms with Crippen LogP contribution >= 0.6 is 0 Å². The molecule has 4 nitrogen and oxygen atoms in total. The molecule has 0 atom stereocenters. The number of hydrogen-bond acceptors (Lipinski definition) is 4. The average molecular weight is 204 g/mol. The van der Waals surface area contributed by atoms with E-state index in [4.69, 9.17) is 10.6 Å². The monoisotopic (exact) mass is 204 g/mol. The first kappa shape index (κ1) is 9.89. The van der Waals surface area contributed by atoms with Crippen LogP contribution in [0.3, 0.4) is 0 Å². The number of aromatic nitrogens is 1. The molecule has 1 aromatic carbocycles. The molecule has 0 radical (unpaired) electrons. The van der Waals surface area contributed by atoms with E-state index in [9.17, 15) is 0 Å². The van der Waals surface area contributed by atoms with E-state index in [0.29, 0.717) is 12.5 Å². The summed E-state index contributed by atoms with van der Waals surface area (Å²) < 4.78 is 5.18. The van der Waals surface area contributed by atoms with Crippen molar-refractivity contribution in [3.8, 4) is 5.88 Å². The van der Waals surface area contributed by atoms with E-state index in [1.54, 1.807) is 13.3 Å². The van der Waals surface area contributed by atoms with Crippen molar-refractivity contribution in [3.05, 3.63) is 36.0 Å². The third-order valence-corrected chi connectivity index (χ3v) is 2.24. The van der Waals surface area contributed by atoms with Gasteiger partial charge >= 0.3 is 0 Å². The molecule has 0 fully saturated rings. The van der Waals surface area contributed by atoms with Crippen LogP contribution in [0.15, 0.2) is 30.5 Å². The van der Waals surface area contributed by atoms with Crippen LogP contribution in [-0.2, 0) is 11.4 Å². The molecule has 0 aliphatic rings. The quantitative estimate of drug-likeness (QED) is 0.772. The first-order valence-corrected chi connectivity index (χ1v) is 4.58. The van der Waals surface area contributed by atoms with Gasteiger partial charge < -0.3 is 4.74 Å². The van der Waals surface area contributed by atoms with E-state index in [0.717, 1.165) is 16.3 Å². The molecule has 0 bridgehead atoms. The van der Waals surface area contributed by atoms with Gasteiger partial charge in [0.05, 0.1) is 13.7 Å². The van der Waals surface area contributed by atoms with E-state index >= 15 is 0 Å². The van der Waals surface area contributed by atoms with Gasteiger partial charge in [0.2, 0.25) is 5.88 Å². The Morgan fingerprint density at radius 3 is 2.93 bits per heavy atom. The fourth-order valence-electron chi connectivity index (χ4n) is 1.54. The summed E-state index contributed by atoms with van der Waals surface area (Å²) in [5.41, 5.74) is 0.997. The van der Waals surface area contributed by atoms with E-state index in [1.165, 1.54) is 0 Å². The Hall–Kier alpha value is -1.65. The lowest BCUT2D eigenvalue weighted by Crippen LogP contribution is -1.99. The molecule has 2 rings (SSSR count). The number of ether oxygens (including phenoxy) is 1. The third kappa shape index (κ3) is 1.91. The van der Waals surface area contributed by atoms with Crippen LogP contribution in [0.1, 0.15) is 5.56 Å². The van der Waals surface area contributed by atoms with Gasteiger partial charge in [0, 0.05) is 11.6 Å². The van der Waals surface area contributed by atoms with Crippen molar-refractivity contribution in [1.29, 1.82) is 0 Å². The minimum Gasteiger partial charge on any atom is -0.481 e. The zero-order valence-electron chi connectivity index (χ0n) is 8.43. The summed E-state index contributed by atoms with van der Waals surface area (Å²) in [4.78, 5) is 8.72. The molecule has 1 heterocycles. The van der Waals surface area contributed by atoms with Gasteiger partial charge in [-0.15, -0.1) is 0 Å². The second-order valence-electron chi connectivity index (χ2n) is 3.19. The molecular formula is C11H12N2O2. The van der Waals surface area contributed by atoms with Crippen molar-refractivity contribution < 1.29 is 9.57 Å². The lowest BCUT2D eigenvalue weighted by molar-refractivity contribution is 0.124. The zero-order chi connectivity index (χ0) is 10.7. The second kappa shape index (κ2) is 4.25. The Labute approximate surface area is 87.6 Å². The molecule has 4 heteroatoms. The molecule has 0 aliphatic carbocycles. The smallest absolute Gasteiger partial charge is 0.221 e. The molecule has 2 N–H and O–H groups in total. The Morgan fingerprint density at radius 2 is 2.20 bits per heavy atom. The second-order valence-corrected chi connectivity index (χ2v) is 3.19. The molecule has 0 amide bonds. The molecule has 78 valence electrons. The van der Waals surface area contributed by atoms with E-state index in [2.05, 4.69) is 9.82 Å². The lowest BCUT2D eigenvalue weighted by Gasteiger charge is -2.05. The number of benzene rings is 1. The zero-order valence-corrected chi connectivity index (χ0v) is 8.43. The highest BCUT2D eigenvalue weighted by Gasteiger charge is 2.03. The summed E-state index contributed by atoms with van der Waals surface area (Å²) in [7, 11) is 1.61. The van der Waals surface area contributed by atoms with Crippen LogP contribution < -0.4 is 10.6 Å². The third-order valence-electron chi connectivity index (χ3n) is 2.24. The van der Waals surface area contributed by atoms with Gasteiger partial charge in [-0.1, -0.05) is 12.1 Å². The highest BCUT2D eigenvalue weighted by molar-refractivity contribution is 5.87. The van der Waals surface area contributed by atoms with Crippen LogP contribution in [0.5, 0.6) is 5.88 Å². The largest absolute Gasteiger partial charge is 0.481 e.